The molecular formula is C20H21NO2. The van der Waals surface area contributed by atoms with Crippen molar-refractivity contribution in [3.8, 4) is 0 Å². The van der Waals surface area contributed by atoms with Crippen molar-refractivity contribution in [2.24, 2.45) is 11.8 Å². The summed E-state index contributed by atoms with van der Waals surface area (Å²) in [4.78, 5) is 27.1. The van der Waals surface area contributed by atoms with Crippen LogP contribution in [0.3, 0.4) is 0 Å². The number of benzene rings is 1. The van der Waals surface area contributed by atoms with Gasteiger partial charge in [-0.05, 0) is 56.2 Å². The monoisotopic (exact) mass is 307 g/mol. The first kappa shape index (κ1) is 14.4. The van der Waals surface area contributed by atoms with Crippen molar-refractivity contribution in [3.63, 3.8) is 0 Å². The first-order valence-corrected chi connectivity index (χ1v) is 8.48. The highest BCUT2D eigenvalue weighted by atomic mass is 16.2. The fraction of sp³-hybridized carbons (Fsp3) is 0.400. The third-order valence-corrected chi connectivity index (χ3v) is 5.53. The molecule has 2 atom stereocenters. The molecular weight excluding hydrogens is 286 g/mol. The van der Waals surface area contributed by atoms with Crippen LogP contribution in [0.25, 0.3) is 0 Å². The second kappa shape index (κ2) is 5.48. The van der Waals surface area contributed by atoms with E-state index in [0.29, 0.717) is 12.1 Å². The summed E-state index contributed by atoms with van der Waals surface area (Å²) < 4.78 is 0. The van der Waals surface area contributed by atoms with E-state index in [-0.39, 0.29) is 23.7 Å². The van der Waals surface area contributed by atoms with E-state index in [4.69, 9.17) is 0 Å². The quantitative estimate of drug-likeness (QED) is 0.735. The van der Waals surface area contributed by atoms with Crippen molar-refractivity contribution in [2.75, 3.05) is 4.90 Å². The molecule has 23 heavy (non-hydrogen) atoms. The molecule has 3 heteroatoms. The summed E-state index contributed by atoms with van der Waals surface area (Å²) in [5.74, 6) is -0.425. The molecule has 0 radical (unpaired) electrons. The first-order valence-electron chi connectivity index (χ1n) is 8.48. The lowest BCUT2D eigenvalue weighted by atomic mass is 9.75. The second-order valence-electron chi connectivity index (χ2n) is 6.86. The van der Waals surface area contributed by atoms with Crippen molar-refractivity contribution >= 4 is 17.5 Å². The summed E-state index contributed by atoms with van der Waals surface area (Å²) >= 11 is 0. The molecule has 2 aliphatic carbocycles. The normalized spacial score (nSPS) is 27.8. The van der Waals surface area contributed by atoms with Crippen LogP contribution in [0.1, 0.15) is 38.5 Å². The number of hydrogen-bond acceptors (Lipinski definition) is 2. The molecule has 1 heterocycles. The number of carbonyl (C=O) groups is 2. The van der Waals surface area contributed by atoms with E-state index in [9.17, 15) is 9.59 Å². The zero-order chi connectivity index (χ0) is 16.0. The summed E-state index contributed by atoms with van der Waals surface area (Å²) in [7, 11) is 0. The van der Waals surface area contributed by atoms with Gasteiger partial charge in [-0.15, -0.1) is 0 Å². The van der Waals surface area contributed by atoms with Gasteiger partial charge in [-0.1, -0.05) is 35.9 Å². The number of amides is 2. The van der Waals surface area contributed by atoms with Gasteiger partial charge in [0.1, 0.15) is 0 Å². The Morgan fingerprint density at radius 1 is 0.913 bits per heavy atom. The Bertz CT molecular complexity index is 716. The van der Waals surface area contributed by atoms with Crippen LogP contribution in [0.4, 0.5) is 5.69 Å². The lowest BCUT2D eigenvalue weighted by Crippen LogP contribution is -2.30. The van der Waals surface area contributed by atoms with E-state index in [1.807, 2.05) is 30.3 Å². The van der Waals surface area contributed by atoms with Crippen molar-refractivity contribution in [1.82, 2.24) is 0 Å². The number of rotatable bonds is 1. The Kier molecular flexibility index (Phi) is 3.44. The molecule has 2 amide bonds. The highest BCUT2D eigenvalue weighted by molar-refractivity contribution is 6.22. The predicted octanol–water partition coefficient (Wildman–Crippen LogP) is 4.01. The van der Waals surface area contributed by atoms with Crippen LogP contribution in [-0.4, -0.2) is 11.8 Å². The minimum absolute atomic E-state index is 0.0207. The van der Waals surface area contributed by atoms with Gasteiger partial charge >= 0.3 is 0 Å². The lowest BCUT2D eigenvalue weighted by Gasteiger charge is -2.27. The van der Waals surface area contributed by atoms with Gasteiger partial charge in [0.05, 0.1) is 17.5 Å². The molecule has 2 unspecified atom stereocenters. The summed E-state index contributed by atoms with van der Waals surface area (Å²) in [5.41, 5.74) is 4.56. The summed E-state index contributed by atoms with van der Waals surface area (Å²) in [6, 6.07) is 9.31. The van der Waals surface area contributed by atoms with Crippen LogP contribution in [-0.2, 0) is 9.59 Å². The molecule has 1 saturated heterocycles. The van der Waals surface area contributed by atoms with E-state index in [2.05, 4.69) is 6.58 Å². The van der Waals surface area contributed by atoms with Crippen molar-refractivity contribution in [1.29, 1.82) is 0 Å². The van der Waals surface area contributed by atoms with Crippen molar-refractivity contribution < 1.29 is 9.59 Å². The van der Waals surface area contributed by atoms with E-state index in [0.717, 1.165) is 19.3 Å². The smallest absolute Gasteiger partial charge is 0.238 e. The zero-order valence-corrected chi connectivity index (χ0v) is 13.3. The Labute approximate surface area is 136 Å². The number of nitrogens with zero attached hydrogens (tertiary/aromatic N) is 1. The number of fused-ring (bicyclic) bond motifs is 1. The molecule has 1 aromatic rings. The summed E-state index contributed by atoms with van der Waals surface area (Å²) in [5, 5.41) is 0. The topological polar surface area (TPSA) is 37.4 Å². The fourth-order valence-corrected chi connectivity index (χ4v) is 4.30. The first-order chi connectivity index (χ1) is 11.2. The van der Waals surface area contributed by atoms with E-state index in [1.54, 1.807) is 0 Å². The number of anilines is 1. The van der Waals surface area contributed by atoms with Crippen LogP contribution in [0.15, 0.2) is 53.6 Å². The van der Waals surface area contributed by atoms with Crippen LogP contribution < -0.4 is 4.90 Å². The Hall–Kier alpha value is -2.16. The average Bonchev–Trinajstić information content (AvgIpc) is 2.71. The number of carbonyl (C=O) groups excluding carboxylic acids is 2. The minimum atomic E-state index is -0.198. The van der Waals surface area contributed by atoms with Gasteiger partial charge in [0.2, 0.25) is 11.8 Å². The van der Waals surface area contributed by atoms with Gasteiger partial charge in [-0.3, -0.25) is 14.5 Å². The van der Waals surface area contributed by atoms with Crippen LogP contribution >= 0.6 is 0 Å². The molecule has 1 aromatic carbocycles. The van der Waals surface area contributed by atoms with Gasteiger partial charge in [0, 0.05) is 0 Å². The maximum absolute atomic E-state index is 12.9. The van der Waals surface area contributed by atoms with Crippen LogP contribution in [0, 0.1) is 11.8 Å². The summed E-state index contributed by atoms with van der Waals surface area (Å²) in [6.45, 7) is 4.23. The molecule has 0 bridgehead atoms. The molecule has 0 spiro atoms. The van der Waals surface area contributed by atoms with Gasteiger partial charge in [-0.25, -0.2) is 0 Å². The van der Waals surface area contributed by atoms with Crippen LogP contribution in [0.5, 0.6) is 0 Å². The van der Waals surface area contributed by atoms with E-state index >= 15 is 0 Å². The molecule has 0 N–H and O–H groups in total. The van der Waals surface area contributed by atoms with E-state index in [1.165, 1.54) is 34.5 Å². The highest BCUT2D eigenvalue weighted by Crippen LogP contribution is 2.46. The molecule has 1 aliphatic heterocycles. The largest absolute Gasteiger partial charge is 0.274 e. The molecule has 3 aliphatic rings. The van der Waals surface area contributed by atoms with E-state index < -0.39 is 0 Å². The standard InChI is InChI=1S/C20H21NO2/c1-13-7-5-6-8-14-11-17-18(12-16(13)14)20(23)21(19(17)22)15-9-3-2-4-10-15/h2-4,9-10,17-18H,1,5-8,11-12H2. The third-order valence-electron chi connectivity index (χ3n) is 5.53. The molecule has 118 valence electrons. The van der Waals surface area contributed by atoms with Gasteiger partial charge in [0.15, 0.2) is 0 Å². The van der Waals surface area contributed by atoms with Gasteiger partial charge < -0.3 is 0 Å². The van der Waals surface area contributed by atoms with Crippen LogP contribution in [0.2, 0.25) is 0 Å². The predicted molar refractivity (Wildman–Crippen MR) is 89.8 cm³/mol. The zero-order valence-electron chi connectivity index (χ0n) is 13.3. The molecule has 1 fully saturated rings. The van der Waals surface area contributed by atoms with Crippen molar-refractivity contribution in [3.05, 3.63) is 53.6 Å². The maximum Gasteiger partial charge on any atom is 0.238 e. The average molecular weight is 307 g/mol. The number of imide groups is 1. The van der Waals surface area contributed by atoms with Gasteiger partial charge in [-0.2, -0.15) is 0 Å². The Morgan fingerprint density at radius 2 is 1.57 bits per heavy atom. The molecule has 3 nitrogen and oxygen atoms in total. The Morgan fingerprint density at radius 3 is 2.30 bits per heavy atom. The third kappa shape index (κ3) is 2.26. The minimum Gasteiger partial charge on any atom is -0.274 e. The second-order valence-corrected chi connectivity index (χ2v) is 6.86. The number of para-hydroxylation sites is 1. The maximum atomic E-state index is 12.9. The fourth-order valence-electron chi connectivity index (χ4n) is 4.30. The Balaban J connectivity index is 1.68. The molecule has 4 rings (SSSR count). The number of hydrogen-bond donors (Lipinski definition) is 0. The lowest BCUT2D eigenvalue weighted by molar-refractivity contribution is -0.122. The van der Waals surface area contributed by atoms with Gasteiger partial charge in [0.25, 0.3) is 0 Å². The summed E-state index contributed by atoms with van der Waals surface area (Å²) in [6.07, 6.45) is 5.86. The molecule has 0 aromatic heterocycles. The number of allylic oxidation sites excluding steroid dienone is 3. The SMILES string of the molecule is C=C1CCCCC2=C1CC1C(=O)N(c3ccccc3)C(=O)C1C2. The van der Waals surface area contributed by atoms with Crippen molar-refractivity contribution in [2.45, 2.75) is 38.5 Å². The highest BCUT2D eigenvalue weighted by Gasteiger charge is 2.50. The molecule has 0 saturated carbocycles.